The number of pyridine rings is 1. The van der Waals surface area contributed by atoms with Crippen molar-refractivity contribution in [3.05, 3.63) is 121 Å². The van der Waals surface area contributed by atoms with Gasteiger partial charge < -0.3 is 23.5 Å². The van der Waals surface area contributed by atoms with E-state index in [0.717, 1.165) is 51.1 Å². The highest BCUT2D eigenvalue weighted by atomic mass is 79.9. The van der Waals surface area contributed by atoms with E-state index in [1.165, 1.54) is 7.11 Å². The molecule has 242 valence electrons. The molecule has 8 nitrogen and oxygen atoms in total. The molecule has 11 heteroatoms. The summed E-state index contributed by atoms with van der Waals surface area (Å²) >= 11 is 16.1. The molecule has 0 unspecified atom stereocenters. The van der Waals surface area contributed by atoms with Gasteiger partial charge in [-0.1, -0.05) is 69.5 Å². The fraction of sp³-hybridized carbons (Fsp3) is 0.250. The topological polar surface area (TPSA) is 84.7 Å². The van der Waals surface area contributed by atoms with Gasteiger partial charge in [0.2, 0.25) is 5.88 Å². The van der Waals surface area contributed by atoms with Gasteiger partial charge in [-0.2, -0.15) is 0 Å². The number of halogens is 3. The molecule has 1 aliphatic heterocycles. The molecule has 0 aliphatic carbocycles. The number of allylic oxidation sites excluding steroid dienone is 1. The van der Waals surface area contributed by atoms with E-state index in [4.69, 9.17) is 47.1 Å². The normalized spacial score (nSPS) is 14.4. The maximum Gasteiger partial charge on any atom is 0.338 e. The number of ether oxygens (including phenoxy) is 4. The maximum absolute atomic E-state index is 12.5. The fourth-order valence-electron chi connectivity index (χ4n) is 5.52. The van der Waals surface area contributed by atoms with Crippen LogP contribution in [0.25, 0.3) is 17.1 Å². The van der Waals surface area contributed by atoms with E-state index in [1.54, 1.807) is 31.4 Å². The van der Waals surface area contributed by atoms with Crippen molar-refractivity contribution in [1.29, 1.82) is 0 Å². The number of esters is 1. The molecule has 1 aliphatic rings. The SMILES string of the molecule is COC(=O)c1cc(OC)c2nc(Cc3ccc(Br)cc3C/C=C/c3cc(Cl)ccc3COc3cccc(Cl)n3)n(C[C@@H]3CCO3)c2c1. The number of methoxy groups -OCH3 is 2. The Morgan fingerprint density at radius 2 is 1.87 bits per heavy atom. The zero-order chi connectivity index (χ0) is 32.9. The molecule has 0 radical (unpaired) electrons. The Balaban J connectivity index is 1.29. The average Bonchev–Trinajstić information content (AvgIpc) is 3.39. The molecule has 47 heavy (non-hydrogen) atoms. The molecule has 0 amide bonds. The first-order valence-corrected chi connectivity index (χ1v) is 16.6. The molecule has 2 aromatic heterocycles. The number of hydrogen-bond donors (Lipinski definition) is 0. The second-order valence-electron chi connectivity index (χ2n) is 11.1. The summed E-state index contributed by atoms with van der Waals surface area (Å²) in [5.74, 6) is 1.39. The number of rotatable bonds is 12. The van der Waals surface area contributed by atoms with Crippen LogP contribution in [0.4, 0.5) is 0 Å². The van der Waals surface area contributed by atoms with Crippen LogP contribution in [0, 0.1) is 0 Å². The molecule has 3 aromatic carbocycles. The lowest BCUT2D eigenvalue weighted by Gasteiger charge is -2.27. The van der Waals surface area contributed by atoms with Crippen molar-refractivity contribution in [2.24, 2.45) is 0 Å². The number of fused-ring (bicyclic) bond motifs is 1. The maximum atomic E-state index is 12.5. The summed E-state index contributed by atoms with van der Waals surface area (Å²) in [4.78, 5) is 21.7. The summed E-state index contributed by atoms with van der Waals surface area (Å²) in [6.45, 7) is 1.68. The van der Waals surface area contributed by atoms with Crippen molar-refractivity contribution in [3.8, 4) is 11.6 Å². The minimum absolute atomic E-state index is 0.0804. The molecule has 0 spiro atoms. The number of aromatic nitrogens is 3. The number of hydrogen-bond acceptors (Lipinski definition) is 7. The Bertz CT molecular complexity index is 1960. The molecule has 3 heterocycles. The average molecular weight is 737 g/mol. The van der Waals surface area contributed by atoms with E-state index in [0.29, 0.717) is 58.9 Å². The van der Waals surface area contributed by atoms with Crippen LogP contribution in [0.3, 0.4) is 0 Å². The van der Waals surface area contributed by atoms with Crippen LogP contribution in [0.1, 0.15) is 44.9 Å². The van der Waals surface area contributed by atoms with E-state index < -0.39 is 5.97 Å². The number of imidazole rings is 1. The van der Waals surface area contributed by atoms with Gasteiger partial charge in [0, 0.05) is 28.6 Å². The number of benzene rings is 3. The Morgan fingerprint density at radius 1 is 1.04 bits per heavy atom. The lowest BCUT2D eigenvalue weighted by atomic mass is 10.00. The van der Waals surface area contributed by atoms with Crippen LogP contribution in [0.2, 0.25) is 10.2 Å². The Kier molecular flexibility index (Phi) is 10.5. The molecule has 0 bridgehead atoms. The van der Waals surface area contributed by atoms with Gasteiger partial charge >= 0.3 is 5.97 Å². The van der Waals surface area contributed by atoms with E-state index >= 15 is 0 Å². The molecule has 1 saturated heterocycles. The minimum atomic E-state index is -0.433. The largest absolute Gasteiger partial charge is 0.494 e. The first-order valence-electron chi connectivity index (χ1n) is 15.1. The molecule has 0 N–H and O–H groups in total. The van der Waals surface area contributed by atoms with E-state index in [9.17, 15) is 4.79 Å². The Labute approximate surface area is 291 Å². The summed E-state index contributed by atoms with van der Waals surface area (Å²) in [6, 6.07) is 20.8. The van der Waals surface area contributed by atoms with Crippen LogP contribution >= 0.6 is 39.1 Å². The smallest absolute Gasteiger partial charge is 0.338 e. The van der Waals surface area contributed by atoms with Crippen molar-refractivity contribution in [2.75, 3.05) is 20.8 Å². The third kappa shape index (κ3) is 7.81. The van der Waals surface area contributed by atoms with Crippen molar-refractivity contribution in [1.82, 2.24) is 14.5 Å². The second kappa shape index (κ2) is 14.9. The predicted molar refractivity (Wildman–Crippen MR) is 187 cm³/mol. The molecule has 6 rings (SSSR count). The van der Waals surface area contributed by atoms with Gasteiger partial charge in [-0.15, -0.1) is 0 Å². The van der Waals surface area contributed by atoms with Crippen molar-refractivity contribution in [2.45, 2.75) is 38.5 Å². The lowest BCUT2D eigenvalue weighted by molar-refractivity contribution is -0.0589. The Morgan fingerprint density at radius 3 is 2.62 bits per heavy atom. The van der Waals surface area contributed by atoms with E-state index in [-0.39, 0.29) is 6.10 Å². The first kappa shape index (κ1) is 33.0. The zero-order valence-corrected chi connectivity index (χ0v) is 28.9. The lowest BCUT2D eigenvalue weighted by Crippen LogP contribution is -2.31. The van der Waals surface area contributed by atoms with Crippen LogP contribution in [0.15, 0.2) is 77.3 Å². The predicted octanol–water partition coefficient (Wildman–Crippen LogP) is 8.51. The number of carbonyl (C=O) groups is 1. The van der Waals surface area contributed by atoms with Gasteiger partial charge in [-0.05, 0) is 77.6 Å². The third-order valence-corrected chi connectivity index (χ3v) is 8.98. The standard InChI is InChI=1S/C36H32BrCl2N3O5/c1-44-31-18-26(36(43)45-2)17-30-35(31)41-33(42(30)20-29-13-14-46-29)19-24-9-11-27(37)15-22(24)5-3-6-23-16-28(38)12-10-25(23)21-47-34-8-4-7-32(39)40-34/h3-4,6-12,15-18,29H,5,13-14,19-21H2,1-2H3/b6-3+/t29-/m0/s1. The van der Waals surface area contributed by atoms with Crippen LogP contribution in [-0.2, 0) is 35.5 Å². The molecule has 0 saturated carbocycles. The van der Waals surface area contributed by atoms with Gasteiger partial charge in [-0.3, -0.25) is 0 Å². The van der Waals surface area contributed by atoms with Crippen LogP contribution < -0.4 is 9.47 Å². The van der Waals surface area contributed by atoms with Gasteiger partial charge in [0.1, 0.15) is 28.9 Å². The number of nitrogens with zero attached hydrogens (tertiary/aromatic N) is 3. The third-order valence-electron chi connectivity index (χ3n) is 8.04. The van der Waals surface area contributed by atoms with Crippen molar-refractivity contribution in [3.63, 3.8) is 0 Å². The highest BCUT2D eigenvalue weighted by molar-refractivity contribution is 9.10. The van der Waals surface area contributed by atoms with Crippen LogP contribution in [-0.4, -0.2) is 47.4 Å². The monoisotopic (exact) mass is 735 g/mol. The molecular weight excluding hydrogens is 705 g/mol. The van der Waals surface area contributed by atoms with Gasteiger partial charge in [-0.25, -0.2) is 14.8 Å². The highest BCUT2D eigenvalue weighted by Gasteiger charge is 2.25. The van der Waals surface area contributed by atoms with Crippen molar-refractivity contribution < 1.29 is 23.7 Å². The summed E-state index contributed by atoms with van der Waals surface area (Å²) in [5.41, 5.74) is 6.08. The van der Waals surface area contributed by atoms with Crippen LogP contribution in [0.5, 0.6) is 11.6 Å². The van der Waals surface area contributed by atoms with Gasteiger partial charge in [0.05, 0.1) is 37.9 Å². The summed E-state index contributed by atoms with van der Waals surface area (Å²) < 4.78 is 25.5. The molecule has 5 aromatic rings. The zero-order valence-electron chi connectivity index (χ0n) is 25.8. The molecule has 1 fully saturated rings. The summed E-state index contributed by atoms with van der Waals surface area (Å²) in [6.07, 6.45) is 6.46. The highest BCUT2D eigenvalue weighted by Crippen LogP contribution is 2.32. The van der Waals surface area contributed by atoms with Crippen molar-refractivity contribution >= 4 is 62.2 Å². The van der Waals surface area contributed by atoms with Gasteiger partial charge in [0.25, 0.3) is 0 Å². The molecular formula is C36H32BrCl2N3O5. The quantitative estimate of drug-likeness (QED) is 0.0938. The summed E-state index contributed by atoms with van der Waals surface area (Å²) in [5, 5.41) is 1.01. The summed E-state index contributed by atoms with van der Waals surface area (Å²) in [7, 11) is 2.95. The fourth-order valence-corrected chi connectivity index (χ4v) is 6.26. The Hall–Kier alpha value is -3.89. The van der Waals surface area contributed by atoms with E-state index in [1.807, 2.05) is 30.3 Å². The van der Waals surface area contributed by atoms with E-state index in [2.05, 4.69) is 49.8 Å². The minimum Gasteiger partial charge on any atom is -0.494 e. The second-order valence-corrected chi connectivity index (χ2v) is 12.8. The van der Waals surface area contributed by atoms with Gasteiger partial charge in [0.15, 0.2) is 0 Å². The first-order chi connectivity index (χ1) is 22.8. The number of carbonyl (C=O) groups excluding carboxylic acids is 1. The molecule has 1 atom stereocenters.